The number of benzene rings is 1. The molecule has 0 amide bonds. The molecular weight excluding hydrogens is 291 g/mol. The zero-order valence-electron chi connectivity index (χ0n) is 10.6. The fraction of sp³-hybridized carbons (Fsp3) is 0.333. The Bertz CT molecular complexity index is 598. The second kappa shape index (κ2) is 5.66. The predicted molar refractivity (Wildman–Crippen MR) is 69.8 cm³/mol. The van der Waals surface area contributed by atoms with Crippen LogP contribution in [-0.2, 0) is 12.6 Å². The van der Waals surface area contributed by atoms with Crippen LogP contribution >= 0.6 is 11.5 Å². The van der Waals surface area contributed by atoms with Crippen LogP contribution in [0.4, 0.5) is 18.9 Å². The largest absolute Gasteiger partial charge is 0.429 e. The smallest absolute Gasteiger partial charge is 0.420 e. The number of hydrogen-bond acceptors (Lipinski definition) is 5. The summed E-state index contributed by atoms with van der Waals surface area (Å²) < 4.78 is 47.9. The molecule has 2 rings (SSSR count). The molecule has 0 bridgehead atoms. The first-order chi connectivity index (χ1) is 9.40. The van der Waals surface area contributed by atoms with Gasteiger partial charge in [-0.3, -0.25) is 0 Å². The van der Waals surface area contributed by atoms with E-state index >= 15 is 0 Å². The SMILES string of the molecule is CCCc1nsc(Oc2ccc(N)cc2C(F)(F)F)n1. The number of alkyl halides is 3. The molecule has 0 fully saturated rings. The second-order valence-electron chi connectivity index (χ2n) is 4.08. The predicted octanol–water partition coefficient (Wildman–Crippen LogP) is 3.88. The van der Waals surface area contributed by atoms with Crippen LogP contribution in [0.3, 0.4) is 0 Å². The molecule has 8 heteroatoms. The van der Waals surface area contributed by atoms with Crippen molar-refractivity contribution in [2.45, 2.75) is 25.9 Å². The molecule has 0 unspecified atom stereocenters. The van der Waals surface area contributed by atoms with E-state index in [1.165, 1.54) is 12.1 Å². The van der Waals surface area contributed by atoms with E-state index in [9.17, 15) is 13.2 Å². The zero-order valence-corrected chi connectivity index (χ0v) is 11.4. The van der Waals surface area contributed by atoms with Crippen LogP contribution in [0.15, 0.2) is 18.2 Å². The van der Waals surface area contributed by atoms with Gasteiger partial charge in [0, 0.05) is 23.6 Å². The molecule has 0 atom stereocenters. The Hall–Kier alpha value is -1.83. The fourth-order valence-corrected chi connectivity index (χ4v) is 2.15. The van der Waals surface area contributed by atoms with Crippen LogP contribution in [0.25, 0.3) is 0 Å². The molecule has 1 aromatic carbocycles. The van der Waals surface area contributed by atoms with Crippen LogP contribution in [0.5, 0.6) is 10.9 Å². The first kappa shape index (κ1) is 14.6. The summed E-state index contributed by atoms with van der Waals surface area (Å²) >= 11 is 0.926. The Labute approximate surface area is 117 Å². The molecule has 0 saturated heterocycles. The normalized spacial score (nSPS) is 11.6. The number of nitrogen functional groups attached to an aromatic ring is 1. The molecule has 0 aliphatic carbocycles. The van der Waals surface area contributed by atoms with Gasteiger partial charge >= 0.3 is 6.18 Å². The van der Waals surface area contributed by atoms with E-state index in [-0.39, 0.29) is 16.6 Å². The maximum atomic E-state index is 12.9. The number of ether oxygens (including phenoxy) is 1. The number of anilines is 1. The maximum Gasteiger partial charge on any atom is 0.420 e. The van der Waals surface area contributed by atoms with Crippen molar-refractivity contribution < 1.29 is 17.9 Å². The third-order valence-electron chi connectivity index (χ3n) is 2.43. The maximum absolute atomic E-state index is 12.9. The molecule has 2 N–H and O–H groups in total. The van der Waals surface area contributed by atoms with Gasteiger partial charge in [-0.15, -0.1) is 0 Å². The zero-order chi connectivity index (χ0) is 14.8. The van der Waals surface area contributed by atoms with Gasteiger partial charge in [-0.2, -0.15) is 22.5 Å². The van der Waals surface area contributed by atoms with Crippen LogP contribution in [0.1, 0.15) is 24.7 Å². The summed E-state index contributed by atoms with van der Waals surface area (Å²) in [5.41, 5.74) is 4.48. The summed E-state index contributed by atoms with van der Waals surface area (Å²) in [6, 6.07) is 3.36. The molecule has 4 nitrogen and oxygen atoms in total. The van der Waals surface area contributed by atoms with Crippen molar-refractivity contribution in [3.05, 3.63) is 29.6 Å². The number of rotatable bonds is 4. The molecule has 1 aromatic heterocycles. The number of aryl methyl sites for hydroxylation is 1. The Morgan fingerprint density at radius 2 is 2.10 bits per heavy atom. The van der Waals surface area contributed by atoms with Crippen molar-refractivity contribution >= 4 is 17.2 Å². The lowest BCUT2D eigenvalue weighted by Gasteiger charge is -2.12. The lowest BCUT2D eigenvalue weighted by atomic mass is 10.1. The Balaban J connectivity index is 2.28. The summed E-state index contributed by atoms with van der Waals surface area (Å²) in [4.78, 5) is 4.03. The summed E-state index contributed by atoms with van der Waals surface area (Å²) in [6.07, 6.45) is -3.03. The molecule has 0 aliphatic rings. The summed E-state index contributed by atoms with van der Waals surface area (Å²) in [7, 11) is 0. The minimum Gasteiger partial charge on any atom is -0.429 e. The van der Waals surface area contributed by atoms with E-state index in [1.54, 1.807) is 0 Å². The van der Waals surface area contributed by atoms with Gasteiger partial charge in [-0.05, 0) is 24.6 Å². The molecule has 0 aliphatic heterocycles. The van der Waals surface area contributed by atoms with Gasteiger partial charge in [0.1, 0.15) is 17.1 Å². The van der Waals surface area contributed by atoms with E-state index in [0.717, 1.165) is 24.0 Å². The van der Waals surface area contributed by atoms with E-state index in [0.29, 0.717) is 12.2 Å². The quantitative estimate of drug-likeness (QED) is 0.871. The molecule has 0 saturated carbocycles. The topological polar surface area (TPSA) is 61.0 Å². The van der Waals surface area contributed by atoms with Crippen molar-refractivity contribution in [1.82, 2.24) is 9.36 Å². The van der Waals surface area contributed by atoms with Crippen LogP contribution < -0.4 is 10.5 Å². The molecule has 20 heavy (non-hydrogen) atoms. The van der Waals surface area contributed by atoms with Crippen LogP contribution in [-0.4, -0.2) is 9.36 Å². The average molecular weight is 303 g/mol. The summed E-state index contributed by atoms with van der Waals surface area (Å²) in [6.45, 7) is 1.96. The highest BCUT2D eigenvalue weighted by Gasteiger charge is 2.35. The molecule has 2 aromatic rings. The highest BCUT2D eigenvalue weighted by Crippen LogP contribution is 2.39. The highest BCUT2D eigenvalue weighted by molar-refractivity contribution is 7.07. The van der Waals surface area contributed by atoms with E-state index < -0.39 is 11.7 Å². The number of nitrogens with two attached hydrogens (primary N) is 1. The number of nitrogens with zero attached hydrogens (tertiary/aromatic N) is 2. The van der Waals surface area contributed by atoms with E-state index in [1.807, 2.05) is 6.92 Å². The highest BCUT2D eigenvalue weighted by atomic mass is 32.1. The number of halogens is 3. The minimum absolute atomic E-state index is 0.0219. The monoisotopic (exact) mass is 303 g/mol. The molecule has 1 heterocycles. The van der Waals surface area contributed by atoms with Crippen LogP contribution in [0, 0.1) is 0 Å². The first-order valence-electron chi connectivity index (χ1n) is 5.87. The van der Waals surface area contributed by atoms with Gasteiger partial charge in [0.25, 0.3) is 5.19 Å². The number of aromatic nitrogens is 2. The molecule has 0 radical (unpaired) electrons. The minimum atomic E-state index is -4.54. The third kappa shape index (κ3) is 3.38. The molecule has 108 valence electrons. The first-order valence-corrected chi connectivity index (χ1v) is 6.64. The Morgan fingerprint density at radius 1 is 1.35 bits per heavy atom. The van der Waals surface area contributed by atoms with Crippen LogP contribution in [0.2, 0.25) is 0 Å². The summed E-state index contributed by atoms with van der Waals surface area (Å²) in [5.74, 6) is 0.238. The Kier molecular flexibility index (Phi) is 4.12. The van der Waals surface area contributed by atoms with Gasteiger partial charge in [0.2, 0.25) is 0 Å². The molecule has 0 spiro atoms. The van der Waals surface area contributed by atoms with Crippen molar-refractivity contribution in [1.29, 1.82) is 0 Å². The lowest BCUT2D eigenvalue weighted by molar-refractivity contribution is -0.138. The number of hydrogen-bond donors (Lipinski definition) is 1. The standard InChI is InChI=1S/C12H12F3N3OS/c1-2-3-10-17-11(20-18-10)19-9-5-4-7(16)6-8(9)12(13,14)15/h4-6H,2-3,16H2,1H3. The van der Waals surface area contributed by atoms with Gasteiger partial charge in [0.05, 0.1) is 0 Å². The molecular formula is C12H12F3N3OS. The van der Waals surface area contributed by atoms with Crippen molar-refractivity contribution in [2.24, 2.45) is 0 Å². The van der Waals surface area contributed by atoms with Crippen molar-refractivity contribution in [3.63, 3.8) is 0 Å². The Morgan fingerprint density at radius 3 is 2.75 bits per heavy atom. The van der Waals surface area contributed by atoms with Crippen molar-refractivity contribution in [3.8, 4) is 10.9 Å². The lowest BCUT2D eigenvalue weighted by Crippen LogP contribution is -2.08. The van der Waals surface area contributed by atoms with Gasteiger partial charge in [-0.25, -0.2) is 0 Å². The van der Waals surface area contributed by atoms with E-state index in [2.05, 4.69) is 9.36 Å². The van der Waals surface area contributed by atoms with Gasteiger partial charge < -0.3 is 10.5 Å². The third-order valence-corrected chi connectivity index (χ3v) is 3.06. The van der Waals surface area contributed by atoms with E-state index in [4.69, 9.17) is 10.5 Å². The second-order valence-corrected chi connectivity index (χ2v) is 4.80. The summed E-state index contributed by atoms with van der Waals surface area (Å²) in [5, 5.41) is 0.0868. The van der Waals surface area contributed by atoms with Crippen molar-refractivity contribution in [2.75, 3.05) is 5.73 Å². The van der Waals surface area contributed by atoms with Gasteiger partial charge in [0.15, 0.2) is 0 Å². The fourth-order valence-electron chi connectivity index (χ4n) is 1.56. The van der Waals surface area contributed by atoms with Gasteiger partial charge in [-0.1, -0.05) is 6.92 Å². The average Bonchev–Trinajstić information content (AvgIpc) is 2.78.